The van der Waals surface area contributed by atoms with E-state index in [-0.39, 0.29) is 0 Å². The van der Waals surface area contributed by atoms with Gasteiger partial charge in [0.05, 0.1) is 5.69 Å². The summed E-state index contributed by atoms with van der Waals surface area (Å²) >= 11 is 5.08. The number of hydrogen-bond acceptors (Lipinski definition) is 2. The van der Waals surface area contributed by atoms with Crippen molar-refractivity contribution in [1.82, 2.24) is 5.32 Å². The van der Waals surface area contributed by atoms with Crippen molar-refractivity contribution in [1.29, 1.82) is 0 Å². The summed E-state index contributed by atoms with van der Waals surface area (Å²) in [6.45, 7) is 0.660. The van der Waals surface area contributed by atoms with E-state index in [2.05, 4.69) is 15.5 Å². The average molecular weight is 255 g/mol. The molecule has 0 bridgehead atoms. The molecule has 0 unspecified atom stereocenters. The van der Waals surface area contributed by atoms with Gasteiger partial charge in [-0.1, -0.05) is 48.5 Å². The highest BCUT2D eigenvalue weighted by Gasteiger charge is 1.94. The number of thiocarbonyl (C=S) groups is 1. The molecule has 0 radical (unpaired) electrons. The number of benzene rings is 2. The molecule has 4 heteroatoms. The molecule has 0 aliphatic heterocycles. The molecule has 0 aromatic heterocycles. The van der Waals surface area contributed by atoms with Gasteiger partial charge < -0.3 is 5.32 Å². The van der Waals surface area contributed by atoms with Crippen LogP contribution in [0.3, 0.4) is 0 Å². The molecule has 18 heavy (non-hydrogen) atoms. The van der Waals surface area contributed by atoms with Gasteiger partial charge in [-0.3, -0.25) is 0 Å². The maximum atomic E-state index is 5.08. The van der Waals surface area contributed by atoms with Crippen LogP contribution in [0, 0.1) is 0 Å². The standard InChI is InChI=1S/C14H13N3S/c18-14(15-11-12-7-3-1-4-8-12)17-16-13-9-5-2-6-10-13/h1-10H,11H2,(H,15,18). The molecule has 0 spiro atoms. The second kappa shape index (κ2) is 6.61. The molecule has 2 aromatic rings. The van der Waals surface area contributed by atoms with Gasteiger partial charge in [-0.25, -0.2) is 0 Å². The van der Waals surface area contributed by atoms with E-state index in [0.29, 0.717) is 11.7 Å². The van der Waals surface area contributed by atoms with Crippen molar-refractivity contribution in [3.05, 3.63) is 66.2 Å². The second-order valence-electron chi connectivity index (χ2n) is 3.68. The van der Waals surface area contributed by atoms with E-state index in [4.69, 9.17) is 12.2 Å². The van der Waals surface area contributed by atoms with E-state index in [9.17, 15) is 0 Å². The van der Waals surface area contributed by atoms with Crippen molar-refractivity contribution >= 4 is 23.0 Å². The van der Waals surface area contributed by atoms with Gasteiger partial charge in [-0.15, -0.1) is 10.2 Å². The molecular formula is C14H13N3S. The van der Waals surface area contributed by atoms with E-state index in [0.717, 1.165) is 11.3 Å². The monoisotopic (exact) mass is 255 g/mol. The lowest BCUT2D eigenvalue weighted by atomic mass is 10.2. The highest BCUT2D eigenvalue weighted by atomic mass is 32.1. The molecule has 2 aromatic carbocycles. The molecule has 3 nitrogen and oxygen atoms in total. The Kier molecular flexibility index (Phi) is 4.55. The Bertz CT molecular complexity index is 523. The third kappa shape index (κ3) is 4.07. The van der Waals surface area contributed by atoms with Crippen molar-refractivity contribution in [2.24, 2.45) is 10.2 Å². The SMILES string of the molecule is S=C(N=Nc1ccccc1)NCc1ccccc1. The first kappa shape index (κ1) is 12.4. The summed E-state index contributed by atoms with van der Waals surface area (Å²) in [4.78, 5) is 0. The number of hydrogen-bond donors (Lipinski definition) is 1. The molecule has 0 aliphatic carbocycles. The summed E-state index contributed by atoms with van der Waals surface area (Å²) in [5.41, 5.74) is 1.95. The van der Waals surface area contributed by atoms with Crippen molar-refractivity contribution in [2.75, 3.05) is 0 Å². The molecule has 0 amide bonds. The number of rotatable bonds is 3. The predicted octanol–water partition coefficient (Wildman–Crippen LogP) is 3.85. The van der Waals surface area contributed by atoms with Crippen LogP contribution in [0.1, 0.15) is 5.56 Å². The molecule has 0 fully saturated rings. The van der Waals surface area contributed by atoms with Gasteiger partial charge in [-0.05, 0) is 29.9 Å². The minimum absolute atomic E-state index is 0.391. The lowest BCUT2D eigenvalue weighted by molar-refractivity contribution is 0.912. The maximum absolute atomic E-state index is 5.08. The van der Waals surface area contributed by atoms with Gasteiger partial charge in [0.25, 0.3) is 0 Å². The largest absolute Gasteiger partial charge is 0.355 e. The molecule has 90 valence electrons. The quantitative estimate of drug-likeness (QED) is 0.668. The fourth-order valence-electron chi connectivity index (χ4n) is 1.41. The smallest absolute Gasteiger partial charge is 0.214 e. The lowest BCUT2D eigenvalue weighted by Crippen LogP contribution is -2.18. The number of nitrogens with one attached hydrogen (secondary N) is 1. The van der Waals surface area contributed by atoms with E-state index in [1.165, 1.54) is 0 Å². The fourth-order valence-corrected chi connectivity index (χ4v) is 1.52. The molecule has 0 heterocycles. The first-order valence-corrected chi connectivity index (χ1v) is 6.04. The Balaban J connectivity index is 1.84. The normalized spacial score (nSPS) is 10.4. The Hall–Kier alpha value is -2.07. The van der Waals surface area contributed by atoms with Crippen molar-refractivity contribution in [3.63, 3.8) is 0 Å². The van der Waals surface area contributed by atoms with Crippen LogP contribution in [0.2, 0.25) is 0 Å². The molecule has 2 rings (SSSR count). The van der Waals surface area contributed by atoms with Crippen LogP contribution >= 0.6 is 12.2 Å². The third-order valence-electron chi connectivity index (χ3n) is 2.30. The number of azo groups is 1. The summed E-state index contributed by atoms with van der Waals surface area (Å²) in [5, 5.41) is 11.4. The first-order valence-electron chi connectivity index (χ1n) is 5.63. The van der Waals surface area contributed by atoms with Gasteiger partial charge in [-0.2, -0.15) is 0 Å². The van der Waals surface area contributed by atoms with Crippen LogP contribution in [-0.2, 0) is 6.54 Å². The third-order valence-corrected chi connectivity index (χ3v) is 2.53. The molecule has 1 N–H and O–H groups in total. The Morgan fingerprint density at radius 2 is 1.56 bits per heavy atom. The van der Waals surface area contributed by atoms with Gasteiger partial charge in [0.1, 0.15) is 0 Å². The van der Waals surface area contributed by atoms with Crippen LogP contribution in [0.4, 0.5) is 5.69 Å². The zero-order valence-corrected chi connectivity index (χ0v) is 10.6. The minimum atomic E-state index is 0.391. The van der Waals surface area contributed by atoms with E-state index >= 15 is 0 Å². The van der Waals surface area contributed by atoms with Crippen LogP contribution in [0.25, 0.3) is 0 Å². The maximum Gasteiger partial charge on any atom is 0.214 e. The summed E-state index contributed by atoms with van der Waals surface area (Å²) in [6, 6.07) is 19.5. The highest BCUT2D eigenvalue weighted by Crippen LogP contribution is 2.09. The second-order valence-corrected chi connectivity index (χ2v) is 4.07. The Labute approximate surface area is 112 Å². The average Bonchev–Trinajstić information content (AvgIpc) is 2.45. The Morgan fingerprint density at radius 3 is 2.22 bits per heavy atom. The number of nitrogens with zero attached hydrogens (tertiary/aromatic N) is 2. The van der Waals surface area contributed by atoms with Gasteiger partial charge in [0.15, 0.2) is 0 Å². The van der Waals surface area contributed by atoms with E-state index in [1.807, 2.05) is 60.7 Å². The van der Waals surface area contributed by atoms with E-state index < -0.39 is 0 Å². The highest BCUT2D eigenvalue weighted by molar-refractivity contribution is 7.80. The van der Waals surface area contributed by atoms with E-state index in [1.54, 1.807) is 0 Å². The van der Waals surface area contributed by atoms with Crippen LogP contribution in [-0.4, -0.2) is 5.11 Å². The van der Waals surface area contributed by atoms with Crippen LogP contribution in [0.5, 0.6) is 0 Å². The molecule has 0 saturated carbocycles. The van der Waals surface area contributed by atoms with Gasteiger partial charge >= 0.3 is 0 Å². The zero-order valence-electron chi connectivity index (χ0n) is 9.78. The minimum Gasteiger partial charge on any atom is -0.355 e. The molecular weight excluding hydrogens is 242 g/mol. The van der Waals surface area contributed by atoms with Crippen molar-refractivity contribution in [3.8, 4) is 0 Å². The summed E-state index contributed by atoms with van der Waals surface area (Å²) < 4.78 is 0. The summed E-state index contributed by atoms with van der Waals surface area (Å²) in [7, 11) is 0. The van der Waals surface area contributed by atoms with Crippen LogP contribution < -0.4 is 5.32 Å². The fraction of sp³-hybridized carbons (Fsp3) is 0.0714. The molecule has 0 aliphatic rings. The summed E-state index contributed by atoms with van der Waals surface area (Å²) in [5.74, 6) is 0. The van der Waals surface area contributed by atoms with Gasteiger partial charge in [0, 0.05) is 6.54 Å². The van der Waals surface area contributed by atoms with Crippen molar-refractivity contribution in [2.45, 2.75) is 6.54 Å². The topological polar surface area (TPSA) is 36.8 Å². The summed E-state index contributed by atoms with van der Waals surface area (Å²) in [6.07, 6.45) is 0. The molecule has 0 atom stereocenters. The predicted molar refractivity (Wildman–Crippen MR) is 76.8 cm³/mol. The van der Waals surface area contributed by atoms with Gasteiger partial charge in [0.2, 0.25) is 5.11 Å². The lowest BCUT2D eigenvalue weighted by Gasteiger charge is -2.02. The molecule has 0 saturated heterocycles. The zero-order chi connectivity index (χ0) is 12.6. The van der Waals surface area contributed by atoms with Crippen molar-refractivity contribution < 1.29 is 0 Å². The Morgan fingerprint density at radius 1 is 0.944 bits per heavy atom. The van der Waals surface area contributed by atoms with Crippen LogP contribution in [0.15, 0.2) is 70.9 Å². The first-order chi connectivity index (χ1) is 8.84.